The second kappa shape index (κ2) is 8.23. The van der Waals surface area contributed by atoms with E-state index in [-0.39, 0.29) is 17.5 Å². The maximum Gasteiger partial charge on any atom is 0.471 e. The summed E-state index contributed by atoms with van der Waals surface area (Å²) in [5.41, 5.74) is 0.437. The topological polar surface area (TPSA) is 128 Å². The third kappa shape index (κ3) is 4.72. The fraction of sp³-hybridized carbons (Fsp3) is 0.176. The number of sulfone groups is 1. The molecule has 4 aromatic heterocycles. The van der Waals surface area contributed by atoms with Gasteiger partial charge in [-0.1, -0.05) is 5.16 Å². The molecule has 0 aromatic carbocycles. The molecular formula is C17H12F3N7O3S2. The second-order valence-electron chi connectivity index (χ2n) is 6.33. The molecule has 0 aliphatic heterocycles. The molecule has 10 nitrogen and oxygen atoms in total. The average molecular weight is 483 g/mol. The monoisotopic (exact) mass is 483 g/mol. The maximum atomic E-state index is 12.7. The number of nitrogens with zero attached hydrogens (tertiary/aromatic N) is 7. The quantitative estimate of drug-likeness (QED) is 0.377. The Labute approximate surface area is 182 Å². The van der Waals surface area contributed by atoms with E-state index < -0.39 is 21.9 Å². The van der Waals surface area contributed by atoms with E-state index in [4.69, 9.17) is 0 Å². The van der Waals surface area contributed by atoms with Crippen molar-refractivity contribution in [1.29, 1.82) is 0 Å². The van der Waals surface area contributed by atoms with Crippen molar-refractivity contribution in [3.05, 3.63) is 53.9 Å². The van der Waals surface area contributed by atoms with Crippen LogP contribution in [0, 0.1) is 0 Å². The normalized spacial score (nSPS) is 12.1. The lowest BCUT2D eigenvalue weighted by Gasteiger charge is -2.22. The first kappa shape index (κ1) is 21.8. The minimum Gasteiger partial charge on any atom is -0.329 e. The van der Waals surface area contributed by atoms with Gasteiger partial charge >= 0.3 is 12.1 Å². The number of anilines is 2. The van der Waals surface area contributed by atoms with E-state index in [1.807, 2.05) is 0 Å². The highest BCUT2D eigenvalue weighted by molar-refractivity contribution is 7.90. The van der Waals surface area contributed by atoms with E-state index in [0.717, 1.165) is 22.5 Å². The Hall–Kier alpha value is -3.46. The molecule has 166 valence electrons. The third-order valence-corrected chi connectivity index (χ3v) is 5.89. The summed E-state index contributed by atoms with van der Waals surface area (Å²) < 4.78 is 65.7. The first-order valence-corrected chi connectivity index (χ1v) is 11.4. The molecule has 0 N–H and O–H groups in total. The summed E-state index contributed by atoms with van der Waals surface area (Å²) in [6.45, 7) is 0.217. The van der Waals surface area contributed by atoms with Crippen molar-refractivity contribution in [3.8, 4) is 10.7 Å². The fourth-order valence-electron chi connectivity index (χ4n) is 2.55. The van der Waals surface area contributed by atoms with Crippen molar-refractivity contribution in [3.63, 3.8) is 0 Å². The van der Waals surface area contributed by atoms with Gasteiger partial charge in [-0.3, -0.25) is 4.98 Å². The number of hydrogen-bond acceptors (Lipinski definition) is 11. The van der Waals surface area contributed by atoms with E-state index in [1.165, 1.54) is 31.0 Å². The van der Waals surface area contributed by atoms with Crippen molar-refractivity contribution in [1.82, 2.24) is 30.1 Å². The van der Waals surface area contributed by atoms with Gasteiger partial charge in [0.2, 0.25) is 20.8 Å². The Bertz CT molecular complexity index is 1320. The molecule has 0 aliphatic rings. The van der Waals surface area contributed by atoms with Gasteiger partial charge in [0.1, 0.15) is 0 Å². The number of alkyl halides is 3. The molecule has 0 atom stereocenters. The third-order valence-electron chi connectivity index (χ3n) is 3.95. The first-order chi connectivity index (χ1) is 15.1. The summed E-state index contributed by atoms with van der Waals surface area (Å²) in [5.74, 6) is -1.18. The molecular weight excluding hydrogens is 471 g/mol. The Balaban J connectivity index is 1.64. The molecule has 0 radical (unpaired) electrons. The minimum absolute atomic E-state index is 0.180. The van der Waals surface area contributed by atoms with E-state index in [0.29, 0.717) is 16.4 Å². The van der Waals surface area contributed by atoms with Gasteiger partial charge in [0.25, 0.3) is 0 Å². The van der Waals surface area contributed by atoms with Crippen LogP contribution in [0.3, 0.4) is 0 Å². The lowest BCUT2D eigenvalue weighted by atomic mass is 10.3. The van der Waals surface area contributed by atoms with Crippen LogP contribution in [0.15, 0.2) is 52.8 Å². The van der Waals surface area contributed by atoms with Crippen LogP contribution in [-0.2, 0) is 22.6 Å². The van der Waals surface area contributed by atoms with Crippen molar-refractivity contribution in [2.45, 2.75) is 17.9 Å². The van der Waals surface area contributed by atoms with Gasteiger partial charge in [-0.05, 0) is 12.1 Å². The second-order valence-corrected chi connectivity index (χ2v) is 9.41. The Morgan fingerprint density at radius 2 is 1.84 bits per heavy atom. The molecule has 0 spiro atoms. The maximum absolute atomic E-state index is 12.7. The predicted octanol–water partition coefficient (Wildman–Crippen LogP) is 3.14. The van der Waals surface area contributed by atoms with E-state index in [9.17, 15) is 21.6 Å². The van der Waals surface area contributed by atoms with Crippen LogP contribution in [0.5, 0.6) is 0 Å². The lowest BCUT2D eigenvalue weighted by Crippen LogP contribution is -2.18. The minimum atomic E-state index is -4.73. The first-order valence-electron chi connectivity index (χ1n) is 8.67. The van der Waals surface area contributed by atoms with Crippen LogP contribution in [0.1, 0.15) is 10.8 Å². The number of aromatic nitrogens is 6. The molecule has 0 saturated carbocycles. The molecule has 0 aliphatic carbocycles. The molecule has 4 rings (SSSR count). The van der Waals surface area contributed by atoms with Crippen molar-refractivity contribution >= 4 is 32.7 Å². The van der Waals surface area contributed by atoms with Gasteiger partial charge in [0, 0.05) is 23.5 Å². The zero-order chi connectivity index (χ0) is 22.9. The van der Waals surface area contributed by atoms with Gasteiger partial charge in [-0.25, -0.2) is 23.4 Å². The van der Waals surface area contributed by atoms with Gasteiger partial charge in [-0.15, -0.1) is 11.3 Å². The van der Waals surface area contributed by atoms with Gasteiger partial charge < -0.3 is 9.42 Å². The highest BCUT2D eigenvalue weighted by atomic mass is 32.2. The number of halogens is 3. The summed E-state index contributed by atoms with van der Waals surface area (Å²) in [4.78, 5) is 22.2. The predicted molar refractivity (Wildman–Crippen MR) is 106 cm³/mol. The summed E-state index contributed by atoms with van der Waals surface area (Å²) >= 11 is 1.16. The molecule has 32 heavy (non-hydrogen) atoms. The number of hydrogen-bond donors (Lipinski definition) is 0. The molecule has 0 saturated heterocycles. The van der Waals surface area contributed by atoms with Crippen molar-refractivity contribution in [2.75, 3.05) is 11.2 Å². The zero-order valence-electron chi connectivity index (χ0n) is 16.1. The van der Waals surface area contributed by atoms with Crippen LogP contribution in [0.2, 0.25) is 0 Å². The van der Waals surface area contributed by atoms with Gasteiger partial charge in [0.05, 0.1) is 35.7 Å². The molecule has 4 aromatic rings. The Morgan fingerprint density at radius 3 is 2.44 bits per heavy atom. The fourth-order valence-corrected chi connectivity index (χ4v) is 3.96. The lowest BCUT2D eigenvalue weighted by molar-refractivity contribution is -0.159. The number of thiophene rings is 1. The zero-order valence-corrected chi connectivity index (χ0v) is 17.7. The van der Waals surface area contributed by atoms with E-state index in [2.05, 4.69) is 34.6 Å². The van der Waals surface area contributed by atoms with E-state index >= 15 is 0 Å². The average Bonchev–Trinajstić information content (AvgIpc) is 3.41. The standard InChI is InChI=1S/C17H12F3N7O3S2/c1-32(28,29)16-23-6-10(7-24-16)27(13-8-21-4-5-22-13)9-11-2-3-12(31-11)14-25-15(30-26-14)17(18,19)20/h2-8H,9H2,1H3. The largest absolute Gasteiger partial charge is 0.471 e. The molecule has 4 heterocycles. The van der Waals surface area contributed by atoms with Crippen LogP contribution < -0.4 is 4.90 Å². The van der Waals surface area contributed by atoms with Crippen LogP contribution in [0.25, 0.3) is 10.7 Å². The summed E-state index contributed by atoms with van der Waals surface area (Å²) in [6.07, 6.45) is 3.40. The molecule has 0 amide bonds. The van der Waals surface area contributed by atoms with Crippen LogP contribution >= 0.6 is 11.3 Å². The van der Waals surface area contributed by atoms with Crippen LogP contribution in [0.4, 0.5) is 24.7 Å². The molecule has 0 fully saturated rings. The SMILES string of the molecule is CS(=O)(=O)c1ncc(N(Cc2ccc(-c3noc(C(F)(F)F)n3)s2)c2cnccn2)cn1. The van der Waals surface area contributed by atoms with Crippen molar-refractivity contribution < 1.29 is 26.1 Å². The molecule has 15 heteroatoms. The van der Waals surface area contributed by atoms with Crippen molar-refractivity contribution in [2.24, 2.45) is 0 Å². The molecule has 0 bridgehead atoms. The summed E-state index contributed by atoms with van der Waals surface area (Å²) in [5, 5.41) is 3.06. The van der Waals surface area contributed by atoms with Gasteiger partial charge in [0.15, 0.2) is 5.82 Å². The van der Waals surface area contributed by atoms with E-state index in [1.54, 1.807) is 17.0 Å². The smallest absolute Gasteiger partial charge is 0.329 e. The number of rotatable bonds is 6. The summed E-state index contributed by atoms with van der Waals surface area (Å²) in [6, 6.07) is 3.27. The summed E-state index contributed by atoms with van der Waals surface area (Å²) in [7, 11) is -3.57. The van der Waals surface area contributed by atoms with Crippen LogP contribution in [-0.4, -0.2) is 44.8 Å². The Kier molecular flexibility index (Phi) is 5.60. The Morgan fingerprint density at radius 1 is 1.09 bits per heavy atom. The highest BCUT2D eigenvalue weighted by Crippen LogP contribution is 2.33. The van der Waals surface area contributed by atoms with Gasteiger partial charge in [-0.2, -0.15) is 18.2 Å². The molecule has 0 unspecified atom stereocenters. The highest BCUT2D eigenvalue weighted by Gasteiger charge is 2.38.